The van der Waals surface area contributed by atoms with Crippen LogP contribution in [0, 0.1) is 6.92 Å². The number of aromatic nitrogens is 2. The number of carbonyl (C=O) groups excluding carboxylic acids is 1. The van der Waals surface area contributed by atoms with Crippen LogP contribution in [0.1, 0.15) is 11.1 Å². The molecule has 0 saturated carbocycles. The molecule has 2 aromatic heterocycles. The average molecular weight is 498 g/mol. The fraction of sp³-hybridized carbons (Fsp3) is 0.208. The van der Waals surface area contributed by atoms with Crippen molar-refractivity contribution in [3.05, 3.63) is 72.1 Å². The molecule has 0 fully saturated rings. The van der Waals surface area contributed by atoms with Gasteiger partial charge >= 0.3 is 0 Å². The van der Waals surface area contributed by atoms with E-state index < -0.39 is 21.5 Å². The summed E-state index contributed by atoms with van der Waals surface area (Å²) in [6, 6.07) is 13.3. The van der Waals surface area contributed by atoms with E-state index in [1.807, 2.05) is 25.1 Å². The van der Waals surface area contributed by atoms with Crippen LogP contribution >= 0.6 is 11.3 Å². The Bertz CT molecular complexity index is 1420. The predicted molar refractivity (Wildman–Crippen MR) is 131 cm³/mol. The quantitative estimate of drug-likeness (QED) is 0.362. The van der Waals surface area contributed by atoms with Crippen LogP contribution in [0.5, 0.6) is 11.5 Å². The summed E-state index contributed by atoms with van der Waals surface area (Å²) in [7, 11) is -0.834. The first kappa shape index (κ1) is 23.7. The molecule has 0 saturated heterocycles. The molecule has 0 bridgehead atoms. The molecular weight excluding hydrogens is 474 g/mol. The summed E-state index contributed by atoms with van der Waals surface area (Å²) < 4.78 is 37.4. The largest absolute Gasteiger partial charge is 0.497 e. The fourth-order valence-electron chi connectivity index (χ4n) is 3.42. The Labute approximate surface area is 201 Å². The summed E-state index contributed by atoms with van der Waals surface area (Å²) in [4.78, 5) is 23.6. The molecule has 2 aromatic carbocycles. The summed E-state index contributed by atoms with van der Waals surface area (Å²) in [5.74, 6) is -0.175. The number of methoxy groups -OCH3 is 2. The number of amides is 1. The van der Waals surface area contributed by atoms with Gasteiger partial charge in [0.05, 0.1) is 30.4 Å². The van der Waals surface area contributed by atoms with E-state index in [9.17, 15) is 13.2 Å². The molecule has 1 amide bonds. The zero-order valence-electron chi connectivity index (χ0n) is 18.9. The first-order chi connectivity index (χ1) is 16.3. The van der Waals surface area contributed by atoms with E-state index in [1.54, 1.807) is 37.7 Å². The van der Waals surface area contributed by atoms with Crippen LogP contribution in [0.2, 0.25) is 0 Å². The minimum atomic E-state index is -3.89. The maximum absolute atomic E-state index is 13.4. The van der Waals surface area contributed by atoms with Gasteiger partial charge in [0.1, 0.15) is 22.8 Å². The van der Waals surface area contributed by atoms with Crippen molar-refractivity contribution in [2.75, 3.05) is 24.9 Å². The van der Waals surface area contributed by atoms with Crippen LogP contribution in [0.3, 0.4) is 0 Å². The molecule has 0 N–H and O–H groups in total. The van der Waals surface area contributed by atoms with Gasteiger partial charge in [-0.05, 0) is 54.4 Å². The third-order valence-corrected chi connectivity index (χ3v) is 8.07. The molecule has 4 aromatic rings. The number of hydrogen-bond donors (Lipinski definition) is 0. The summed E-state index contributed by atoms with van der Waals surface area (Å²) >= 11 is 1.32. The Morgan fingerprint density at radius 1 is 1.06 bits per heavy atom. The number of anilines is 1. The van der Waals surface area contributed by atoms with Crippen LogP contribution in [0.4, 0.5) is 5.13 Å². The highest BCUT2D eigenvalue weighted by Crippen LogP contribution is 2.37. The lowest BCUT2D eigenvalue weighted by Gasteiger charge is -2.20. The van der Waals surface area contributed by atoms with Crippen molar-refractivity contribution < 1.29 is 22.7 Å². The smallest absolute Gasteiger partial charge is 0.244 e. The van der Waals surface area contributed by atoms with Gasteiger partial charge in [0.15, 0.2) is 15.0 Å². The van der Waals surface area contributed by atoms with Gasteiger partial charge in [0.2, 0.25) is 5.91 Å². The van der Waals surface area contributed by atoms with E-state index >= 15 is 0 Å². The molecule has 0 unspecified atom stereocenters. The van der Waals surface area contributed by atoms with Crippen molar-refractivity contribution >= 4 is 42.4 Å². The number of sulfone groups is 1. The van der Waals surface area contributed by atoms with Crippen LogP contribution < -0.4 is 14.4 Å². The van der Waals surface area contributed by atoms with Gasteiger partial charge in [-0.3, -0.25) is 14.7 Å². The van der Waals surface area contributed by atoms with Crippen molar-refractivity contribution in [2.24, 2.45) is 0 Å². The molecule has 0 atom stereocenters. The number of hydrogen-bond acceptors (Lipinski definition) is 8. The monoisotopic (exact) mass is 497 g/mol. The third kappa shape index (κ3) is 4.87. The summed E-state index contributed by atoms with van der Waals surface area (Å²) in [6.07, 6.45) is 3.27. The minimum Gasteiger partial charge on any atom is -0.497 e. The topological polar surface area (TPSA) is 98.7 Å². The summed E-state index contributed by atoms with van der Waals surface area (Å²) in [6.45, 7) is 2.08. The van der Waals surface area contributed by atoms with E-state index in [0.29, 0.717) is 22.1 Å². The lowest BCUT2D eigenvalue weighted by Crippen LogP contribution is -2.35. The highest BCUT2D eigenvalue weighted by molar-refractivity contribution is 7.92. The Morgan fingerprint density at radius 3 is 2.47 bits per heavy atom. The molecule has 176 valence electrons. The number of aryl methyl sites for hydroxylation is 1. The van der Waals surface area contributed by atoms with Crippen molar-refractivity contribution in [1.29, 1.82) is 0 Å². The molecule has 10 heteroatoms. The van der Waals surface area contributed by atoms with Gasteiger partial charge in [-0.15, -0.1) is 0 Å². The molecule has 0 radical (unpaired) electrons. The van der Waals surface area contributed by atoms with Crippen LogP contribution in [-0.4, -0.2) is 44.3 Å². The van der Waals surface area contributed by atoms with Gasteiger partial charge in [0, 0.05) is 12.4 Å². The number of pyridine rings is 1. The van der Waals surface area contributed by atoms with Crippen molar-refractivity contribution in [3.63, 3.8) is 0 Å². The Hall–Kier alpha value is -3.50. The molecule has 8 nitrogen and oxygen atoms in total. The number of ether oxygens (including phenoxy) is 2. The van der Waals surface area contributed by atoms with Crippen molar-refractivity contribution in [2.45, 2.75) is 18.4 Å². The molecule has 0 spiro atoms. The SMILES string of the molecule is COc1ccc(S(=O)(=O)CC(=O)N(Cc2cccnc2)c2nc3c(OC)ccc(C)c3s2)cc1. The minimum absolute atomic E-state index is 0.0461. The predicted octanol–water partition coefficient (Wildman–Crippen LogP) is 4.02. The van der Waals surface area contributed by atoms with Gasteiger partial charge in [0.25, 0.3) is 0 Å². The lowest BCUT2D eigenvalue weighted by molar-refractivity contribution is -0.116. The van der Waals surface area contributed by atoms with Crippen LogP contribution in [-0.2, 0) is 21.2 Å². The molecular formula is C24H23N3O5S2. The first-order valence-electron chi connectivity index (χ1n) is 10.3. The third-order valence-electron chi connectivity index (χ3n) is 5.24. The van der Waals surface area contributed by atoms with Crippen LogP contribution in [0.15, 0.2) is 65.8 Å². The van der Waals surface area contributed by atoms with Crippen molar-refractivity contribution in [1.82, 2.24) is 9.97 Å². The van der Waals surface area contributed by atoms with E-state index in [2.05, 4.69) is 9.97 Å². The maximum Gasteiger partial charge on any atom is 0.244 e. The molecule has 0 aliphatic rings. The summed E-state index contributed by atoms with van der Waals surface area (Å²) in [5, 5.41) is 0.390. The Morgan fingerprint density at radius 2 is 1.82 bits per heavy atom. The zero-order chi connectivity index (χ0) is 24.3. The molecule has 0 aliphatic carbocycles. The van der Waals surface area contributed by atoms with Gasteiger partial charge < -0.3 is 9.47 Å². The summed E-state index contributed by atoms with van der Waals surface area (Å²) in [5.41, 5.74) is 2.37. The van der Waals surface area contributed by atoms with Crippen molar-refractivity contribution in [3.8, 4) is 11.5 Å². The van der Waals surface area contributed by atoms with E-state index in [4.69, 9.17) is 9.47 Å². The number of benzene rings is 2. The Balaban J connectivity index is 1.72. The second-order valence-corrected chi connectivity index (χ2v) is 10.5. The fourth-order valence-corrected chi connectivity index (χ4v) is 5.69. The van der Waals surface area contributed by atoms with E-state index in [-0.39, 0.29) is 11.4 Å². The highest BCUT2D eigenvalue weighted by Gasteiger charge is 2.27. The standard InChI is InChI=1S/C24H23N3O5S2/c1-16-6-11-20(32-3)22-23(16)33-24(26-22)27(14-17-5-4-12-25-13-17)21(28)15-34(29,30)19-9-7-18(31-2)8-10-19/h4-13H,14-15H2,1-3H3. The lowest BCUT2D eigenvalue weighted by atomic mass is 10.2. The van der Waals surface area contributed by atoms with Gasteiger partial charge in [-0.25, -0.2) is 13.4 Å². The van der Waals surface area contributed by atoms with Crippen LogP contribution in [0.25, 0.3) is 10.2 Å². The number of rotatable bonds is 8. The normalized spacial score (nSPS) is 11.4. The maximum atomic E-state index is 13.4. The second-order valence-electron chi connectivity index (χ2n) is 7.53. The number of nitrogens with zero attached hydrogens (tertiary/aromatic N) is 3. The van der Waals surface area contributed by atoms with E-state index in [0.717, 1.165) is 15.8 Å². The molecule has 2 heterocycles. The Kier molecular flexibility index (Phi) is 6.80. The molecule has 4 rings (SSSR count). The van der Waals surface area contributed by atoms with Gasteiger partial charge in [-0.1, -0.05) is 23.5 Å². The number of fused-ring (bicyclic) bond motifs is 1. The molecule has 0 aliphatic heterocycles. The van der Waals surface area contributed by atoms with Gasteiger partial charge in [-0.2, -0.15) is 0 Å². The van der Waals surface area contributed by atoms with E-state index in [1.165, 1.54) is 35.5 Å². The highest BCUT2D eigenvalue weighted by atomic mass is 32.2. The number of thiazole rings is 1. The average Bonchev–Trinajstić information content (AvgIpc) is 3.29. The second kappa shape index (κ2) is 9.78. The zero-order valence-corrected chi connectivity index (χ0v) is 20.5. The molecule has 34 heavy (non-hydrogen) atoms. The number of carbonyl (C=O) groups is 1. The first-order valence-corrected chi connectivity index (χ1v) is 12.8.